The maximum atomic E-state index is 12.6. The molecule has 3 rings (SSSR count). The molecule has 2 aromatic carbocycles. The molecule has 25 heavy (non-hydrogen) atoms. The fraction of sp³-hybridized carbons (Fsp3) is 0.300. The van der Waals surface area contributed by atoms with Crippen LogP contribution in [-0.2, 0) is 11.2 Å². The molecule has 2 N–H and O–H groups in total. The zero-order valence-corrected chi connectivity index (χ0v) is 15.4. The molecule has 0 spiro atoms. The molecular weight excluding hydrogens is 332 g/mol. The van der Waals surface area contributed by atoms with Crippen LogP contribution >= 0.6 is 11.8 Å². The molecule has 4 nitrogen and oxygen atoms in total. The second kappa shape index (κ2) is 7.31. The van der Waals surface area contributed by atoms with E-state index in [9.17, 15) is 9.59 Å². The predicted molar refractivity (Wildman–Crippen MR) is 102 cm³/mol. The number of aryl methyl sites for hydroxylation is 1. The van der Waals surface area contributed by atoms with Crippen LogP contribution in [0.1, 0.15) is 48.3 Å². The minimum Gasteiger partial charge on any atom is -0.346 e. The largest absolute Gasteiger partial charge is 0.346 e. The summed E-state index contributed by atoms with van der Waals surface area (Å²) in [6, 6.07) is 13.6. The number of thioether (sulfide) groups is 1. The Morgan fingerprint density at radius 3 is 2.64 bits per heavy atom. The second-order valence-corrected chi connectivity index (χ2v) is 7.63. The zero-order chi connectivity index (χ0) is 18.0. The van der Waals surface area contributed by atoms with Crippen LogP contribution in [0.25, 0.3) is 0 Å². The summed E-state index contributed by atoms with van der Waals surface area (Å²) in [5.41, 5.74) is 3.60. The highest BCUT2D eigenvalue weighted by Crippen LogP contribution is 2.36. The maximum absolute atomic E-state index is 12.6. The van der Waals surface area contributed by atoms with Crippen LogP contribution in [-0.4, -0.2) is 17.1 Å². The highest BCUT2D eigenvalue weighted by molar-refractivity contribution is 8.00. The van der Waals surface area contributed by atoms with Crippen molar-refractivity contribution in [1.29, 1.82) is 0 Å². The highest BCUT2D eigenvalue weighted by atomic mass is 32.2. The number of carbonyl (C=O) groups is 2. The van der Waals surface area contributed by atoms with Crippen molar-refractivity contribution in [1.82, 2.24) is 5.32 Å². The summed E-state index contributed by atoms with van der Waals surface area (Å²) in [7, 11) is 0. The predicted octanol–water partition coefficient (Wildman–Crippen LogP) is 4.17. The van der Waals surface area contributed by atoms with E-state index < -0.39 is 0 Å². The number of carbonyl (C=O) groups excluding carboxylic acids is 2. The molecule has 1 aliphatic heterocycles. The van der Waals surface area contributed by atoms with E-state index in [1.54, 1.807) is 12.1 Å². The number of nitrogens with one attached hydrogen (secondary N) is 2. The summed E-state index contributed by atoms with van der Waals surface area (Å²) in [6.07, 6.45) is 0.999. The summed E-state index contributed by atoms with van der Waals surface area (Å²) in [5.74, 6) is -0.174. The van der Waals surface area contributed by atoms with E-state index in [1.165, 1.54) is 17.3 Å². The van der Waals surface area contributed by atoms with Crippen molar-refractivity contribution in [2.24, 2.45) is 0 Å². The molecule has 0 saturated carbocycles. The lowest BCUT2D eigenvalue weighted by Crippen LogP contribution is -2.28. The number of hydrogen-bond donors (Lipinski definition) is 2. The van der Waals surface area contributed by atoms with Crippen LogP contribution in [0.5, 0.6) is 0 Å². The van der Waals surface area contributed by atoms with E-state index in [0.717, 1.165) is 16.9 Å². The zero-order valence-electron chi connectivity index (χ0n) is 14.6. The second-order valence-electron chi connectivity index (χ2n) is 6.25. The summed E-state index contributed by atoms with van der Waals surface area (Å²) >= 11 is 1.51. The van der Waals surface area contributed by atoms with E-state index in [2.05, 4.69) is 41.8 Å². The van der Waals surface area contributed by atoms with E-state index in [-0.39, 0.29) is 23.1 Å². The molecule has 0 bridgehead atoms. The number of anilines is 1. The van der Waals surface area contributed by atoms with E-state index in [4.69, 9.17) is 0 Å². The van der Waals surface area contributed by atoms with Crippen molar-refractivity contribution in [2.45, 2.75) is 43.4 Å². The van der Waals surface area contributed by atoms with Crippen LogP contribution in [0.4, 0.5) is 5.69 Å². The Bertz CT molecular complexity index is 802. The highest BCUT2D eigenvalue weighted by Gasteiger charge is 2.24. The Balaban J connectivity index is 1.72. The number of rotatable bonds is 4. The van der Waals surface area contributed by atoms with E-state index >= 15 is 0 Å². The lowest BCUT2D eigenvalue weighted by atomic mass is 10.0. The van der Waals surface area contributed by atoms with Gasteiger partial charge in [0.1, 0.15) is 0 Å². The Labute approximate surface area is 152 Å². The van der Waals surface area contributed by atoms with Crippen molar-refractivity contribution < 1.29 is 9.59 Å². The standard InChI is InChI=1S/C20H22N2O2S/c1-4-14-5-7-15(8-6-14)12(2)21-20(24)16-9-10-18-17(11-16)22-19(23)13(3)25-18/h5-13H,4H2,1-3H3,(H,21,24)(H,22,23)/t12-,13-/m1/s1. The third-order valence-corrected chi connectivity index (χ3v) is 5.59. The van der Waals surface area contributed by atoms with Crippen molar-refractivity contribution in [2.75, 3.05) is 5.32 Å². The molecule has 130 valence electrons. The fourth-order valence-electron chi connectivity index (χ4n) is 2.76. The summed E-state index contributed by atoms with van der Waals surface area (Å²) < 4.78 is 0. The maximum Gasteiger partial charge on any atom is 0.251 e. The average molecular weight is 354 g/mol. The molecule has 2 aromatic rings. The Hall–Kier alpha value is -2.27. The third-order valence-electron chi connectivity index (χ3n) is 4.41. The van der Waals surface area contributed by atoms with Gasteiger partial charge in [-0.3, -0.25) is 9.59 Å². The van der Waals surface area contributed by atoms with Gasteiger partial charge in [0, 0.05) is 10.5 Å². The van der Waals surface area contributed by atoms with Gasteiger partial charge in [-0.1, -0.05) is 31.2 Å². The minimum absolute atomic E-state index is 0.0283. The Kier molecular flexibility index (Phi) is 5.13. The molecule has 2 atom stereocenters. The van der Waals surface area contributed by atoms with Crippen LogP contribution in [0.2, 0.25) is 0 Å². The molecule has 0 radical (unpaired) electrons. The molecular formula is C20H22N2O2S. The van der Waals surface area contributed by atoms with Gasteiger partial charge < -0.3 is 10.6 Å². The molecule has 2 amide bonds. The Morgan fingerprint density at radius 1 is 1.24 bits per heavy atom. The lowest BCUT2D eigenvalue weighted by Gasteiger charge is -2.22. The van der Waals surface area contributed by atoms with Gasteiger partial charge in [0.15, 0.2) is 0 Å². The van der Waals surface area contributed by atoms with Gasteiger partial charge in [-0.2, -0.15) is 0 Å². The minimum atomic E-state index is -0.146. The van der Waals surface area contributed by atoms with Crippen LogP contribution < -0.4 is 10.6 Å². The van der Waals surface area contributed by atoms with Crippen molar-refractivity contribution >= 4 is 29.3 Å². The van der Waals surface area contributed by atoms with Crippen molar-refractivity contribution in [3.05, 3.63) is 59.2 Å². The SMILES string of the molecule is CCc1ccc([C@@H](C)NC(=O)c2ccc3c(c2)NC(=O)[C@@H](C)S3)cc1. The van der Waals surface area contributed by atoms with Gasteiger partial charge in [-0.05, 0) is 49.6 Å². The van der Waals surface area contributed by atoms with Crippen LogP contribution in [0.3, 0.4) is 0 Å². The van der Waals surface area contributed by atoms with Crippen molar-refractivity contribution in [3.63, 3.8) is 0 Å². The molecule has 1 heterocycles. The molecule has 5 heteroatoms. The summed E-state index contributed by atoms with van der Waals surface area (Å²) in [4.78, 5) is 25.4. The van der Waals surface area contributed by atoms with Gasteiger partial charge in [0.2, 0.25) is 5.91 Å². The monoisotopic (exact) mass is 354 g/mol. The van der Waals surface area contributed by atoms with Gasteiger partial charge in [-0.15, -0.1) is 11.8 Å². The first-order chi connectivity index (χ1) is 12.0. The normalized spacial score (nSPS) is 17.4. The summed E-state index contributed by atoms with van der Waals surface area (Å²) in [6.45, 7) is 5.96. The fourth-order valence-corrected chi connectivity index (χ4v) is 3.69. The van der Waals surface area contributed by atoms with Gasteiger partial charge in [-0.25, -0.2) is 0 Å². The van der Waals surface area contributed by atoms with E-state index in [0.29, 0.717) is 11.3 Å². The third kappa shape index (κ3) is 3.87. The van der Waals surface area contributed by atoms with Gasteiger partial charge >= 0.3 is 0 Å². The smallest absolute Gasteiger partial charge is 0.251 e. The van der Waals surface area contributed by atoms with E-state index in [1.807, 2.05) is 19.9 Å². The van der Waals surface area contributed by atoms with Crippen LogP contribution in [0.15, 0.2) is 47.4 Å². The number of amides is 2. The number of fused-ring (bicyclic) bond motifs is 1. The first kappa shape index (κ1) is 17.5. The number of hydrogen-bond acceptors (Lipinski definition) is 3. The first-order valence-corrected chi connectivity index (χ1v) is 9.37. The molecule has 0 aromatic heterocycles. The molecule has 0 saturated heterocycles. The quantitative estimate of drug-likeness (QED) is 0.866. The topological polar surface area (TPSA) is 58.2 Å². The molecule has 0 aliphatic carbocycles. The molecule has 0 fully saturated rings. The first-order valence-electron chi connectivity index (χ1n) is 8.49. The Morgan fingerprint density at radius 2 is 1.96 bits per heavy atom. The average Bonchev–Trinajstić information content (AvgIpc) is 2.62. The van der Waals surface area contributed by atoms with Crippen molar-refractivity contribution in [3.8, 4) is 0 Å². The van der Waals surface area contributed by atoms with Gasteiger partial charge in [0.05, 0.1) is 17.0 Å². The molecule has 0 unspecified atom stereocenters. The van der Waals surface area contributed by atoms with Gasteiger partial charge in [0.25, 0.3) is 5.91 Å². The molecule has 1 aliphatic rings. The lowest BCUT2D eigenvalue weighted by molar-refractivity contribution is -0.115. The summed E-state index contributed by atoms with van der Waals surface area (Å²) in [5, 5.41) is 5.77. The van der Waals surface area contributed by atoms with Crippen LogP contribution in [0, 0.1) is 0 Å². The number of benzene rings is 2.